The van der Waals surface area contributed by atoms with Crippen LogP contribution in [0.2, 0.25) is 0 Å². The van der Waals surface area contributed by atoms with Crippen LogP contribution in [-0.2, 0) is 19.9 Å². The molecule has 0 radical (unpaired) electrons. The van der Waals surface area contributed by atoms with Crippen LogP contribution in [0.3, 0.4) is 0 Å². The van der Waals surface area contributed by atoms with Gasteiger partial charge in [-0.15, -0.1) is 0 Å². The summed E-state index contributed by atoms with van der Waals surface area (Å²) in [4.78, 5) is 0. The molecule has 0 atom stereocenters. The minimum absolute atomic E-state index is 0. The van der Waals surface area contributed by atoms with E-state index >= 15 is 0 Å². The van der Waals surface area contributed by atoms with Crippen molar-refractivity contribution in [2.24, 2.45) is 7.05 Å². The smallest absolute Gasteiger partial charge is 0.176 e. The Labute approximate surface area is 107 Å². The average molecular weight is 311 g/mol. The number of hydrogen-bond acceptors (Lipinski definition) is 0. The average Bonchev–Trinajstić information content (AvgIpc) is 2.18. The second kappa shape index (κ2) is 4.08. The van der Waals surface area contributed by atoms with Gasteiger partial charge in [-0.3, -0.25) is 0 Å². The van der Waals surface area contributed by atoms with Crippen molar-refractivity contribution in [2.75, 3.05) is 0 Å². The molecule has 0 unspecified atom stereocenters. The number of rotatable bonds is 0. The minimum atomic E-state index is 0. The molecule has 78 valence electrons. The molecule has 0 fully saturated rings. The maximum atomic E-state index is 2.27. The third kappa shape index (κ3) is 1.75. The van der Waals surface area contributed by atoms with Crippen LogP contribution in [0, 0.1) is 0 Å². The fraction of sp³-hybridized carbons (Fsp3) is 0.308. The van der Waals surface area contributed by atoms with Crippen molar-refractivity contribution in [1.82, 2.24) is 0 Å². The predicted molar refractivity (Wildman–Crippen MR) is 57.1 cm³/mol. The molecule has 2 heteroatoms. The highest BCUT2D eigenvalue weighted by Crippen LogP contribution is 2.27. The van der Waals surface area contributed by atoms with E-state index in [0.29, 0.717) is 0 Å². The Hall–Kier alpha value is -0.640. The minimum Gasteiger partial charge on any atom is -1.00 e. The van der Waals surface area contributed by atoms with E-state index in [0.717, 1.165) is 0 Å². The van der Waals surface area contributed by atoms with Crippen molar-refractivity contribution in [3.05, 3.63) is 41.7 Å². The summed E-state index contributed by atoms with van der Waals surface area (Å²) in [5.41, 5.74) is 3.05. The maximum absolute atomic E-state index is 2.27. The molecule has 0 bridgehead atoms. The Kier molecular flexibility index (Phi) is 2.96. The number of benzene rings is 1. The zero-order valence-electron chi connectivity index (χ0n) is 8.83. The maximum Gasteiger partial charge on any atom is 0.176 e. The van der Waals surface area contributed by atoms with Crippen LogP contribution in [0.1, 0.15) is 17.5 Å². The first-order chi connectivity index (χ1) is 6.84. The number of aromatic nitrogens is 1. The molecule has 3 rings (SSSR count). The van der Waals surface area contributed by atoms with E-state index in [1.54, 1.807) is 0 Å². The van der Waals surface area contributed by atoms with E-state index < -0.39 is 0 Å². The van der Waals surface area contributed by atoms with Crippen LogP contribution in [0.4, 0.5) is 0 Å². The van der Waals surface area contributed by atoms with Gasteiger partial charge in [-0.05, 0) is 36.3 Å². The summed E-state index contributed by atoms with van der Waals surface area (Å²) in [5, 5.41) is 2.90. The fourth-order valence-electron chi connectivity index (χ4n) is 2.55. The topological polar surface area (TPSA) is 3.88 Å². The Morgan fingerprint density at radius 2 is 1.87 bits per heavy atom. The molecule has 0 N–H and O–H groups in total. The van der Waals surface area contributed by atoms with Gasteiger partial charge in [-0.2, -0.15) is 0 Å². The quantitative estimate of drug-likeness (QED) is 0.441. The van der Waals surface area contributed by atoms with Gasteiger partial charge in [0.2, 0.25) is 0 Å². The van der Waals surface area contributed by atoms with E-state index in [1.807, 2.05) is 0 Å². The van der Waals surface area contributed by atoms with E-state index in [-0.39, 0.29) is 24.0 Å². The number of aryl methyl sites for hydroxylation is 3. The van der Waals surface area contributed by atoms with E-state index in [1.165, 1.54) is 41.2 Å². The van der Waals surface area contributed by atoms with E-state index in [2.05, 4.69) is 42.2 Å². The molecule has 0 saturated carbocycles. The van der Waals surface area contributed by atoms with Crippen molar-refractivity contribution in [3.63, 3.8) is 0 Å². The molecule has 1 aliphatic carbocycles. The van der Waals surface area contributed by atoms with Crippen LogP contribution >= 0.6 is 0 Å². The normalized spacial score (nSPS) is 13.7. The fourth-order valence-corrected chi connectivity index (χ4v) is 2.55. The van der Waals surface area contributed by atoms with Gasteiger partial charge in [-0.25, -0.2) is 4.57 Å². The van der Waals surface area contributed by atoms with Crippen LogP contribution in [0.15, 0.2) is 30.6 Å². The first-order valence-corrected chi connectivity index (χ1v) is 5.24. The summed E-state index contributed by atoms with van der Waals surface area (Å²) in [6.07, 6.45) is 8.27. The Morgan fingerprint density at radius 1 is 1.07 bits per heavy atom. The molecular formula is C13H14IN. The van der Waals surface area contributed by atoms with E-state index in [9.17, 15) is 0 Å². The summed E-state index contributed by atoms with van der Waals surface area (Å²) in [6, 6.07) is 6.66. The number of pyridine rings is 1. The van der Waals surface area contributed by atoms with Crippen LogP contribution in [0.5, 0.6) is 0 Å². The van der Waals surface area contributed by atoms with Crippen molar-refractivity contribution in [1.29, 1.82) is 0 Å². The second-order valence-corrected chi connectivity index (χ2v) is 4.18. The third-order valence-corrected chi connectivity index (χ3v) is 3.10. The monoisotopic (exact) mass is 311 g/mol. The molecule has 15 heavy (non-hydrogen) atoms. The molecule has 0 spiro atoms. The summed E-state index contributed by atoms with van der Waals surface area (Å²) < 4.78 is 2.17. The Morgan fingerprint density at radius 3 is 2.73 bits per heavy atom. The largest absolute Gasteiger partial charge is 1.00 e. The number of hydrogen-bond donors (Lipinski definition) is 0. The summed E-state index contributed by atoms with van der Waals surface area (Å²) >= 11 is 0. The molecule has 0 amide bonds. The van der Waals surface area contributed by atoms with Crippen LogP contribution in [0.25, 0.3) is 10.8 Å². The molecule has 1 aromatic carbocycles. The zero-order valence-corrected chi connectivity index (χ0v) is 11.0. The van der Waals surface area contributed by atoms with Crippen molar-refractivity contribution in [3.8, 4) is 0 Å². The zero-order chi connectivity index (χ0) is 9.54. The lowest BCUT2D eigenvalue weighted by Crippen LogP contribution is -3.00. The Bertz CT molecular complexity index is 505. The number of halogens is 1. The first-order valence-electron chi connectivity index (χ1n) is 5.24. The third-order valence-electron chi connectivity index (χ3n) is 3.10. The van der Waals surface area contributed by atoms with Crippen LogP contribution in [-0.4, -0.2) is 0 Å². The van der Waals surface area contributed by atoms with Gasteiger partial charge < -0.3 is 24.0 Å². The van der Waals surface area contributed by atoms with E-state index in [4.69, 9.17) is 0 Å². The van der Waals surface area contributed by atoms with Gasteiger partial charge in [0, 0.05) is 10.9 Å². The van der Waals surface area contributed by atoms with Gasteiger partial charge >= 0.3 is 0 Å². The molecule has 1 nitrogen and oxygen atoms in total. The first kappa shape index (κ1) is 10.9. The van der Waals surface area contributed by atoms with Crippen molar-refractivity contribution >= 4 is 10.8 Å². The highest BCUT2D eigenvalue weighted by Gasteiger charge is 2.15. The lowest BCUT2D eigenvalue weighted by atomic mass is 9.90. The summed E-state index contributed by atoms with van der Waals surface area (Å²) in [7, 11) is 2.11. The molecule has 1 aromatic heterocycles. The standard InChI is InChI=1S/C13H14N.HI/c1-14-8-11-6-2-4-10-5-3-7-12(9-14)13(10)11;/h2,4,6,8-9H,3,5,7H2,1H3;1H/q+1;/p-1. The van der Waals surface area contributed by atoms with Gasteiger partial charge in [0.25, 0.3) is 0 Å². The van der Waals surface area contributed by atoms with Crippen LogP contribution < -0.4 is 28.5 Å². The molecule has 0 saturated heterocycles. The number of nitrogens with zero attached hydrogens (tertiary/aromatic N) is 1. The Balaban J connectivity index is 0.000000853. The molecular weight excluding hydrogens is 297 g/mol. The molecule has 1 heterocycles. The summed E-state index contributed by atoms with van der Waals surface area (Å²) in [6.45, 7) is 0. The highest BCUT2D eigenvalue weighted by atomic mass is 127. The van der Waals surface area contributed by atoms with Gasteiger partial charge in [0.05, 0.1) is 0 Å². The van der Waals surface area contributed by atoms with Gasteiger partial charge in [-0.1, -0.05) is 12.1 Å². The lowest BCUT2D eigenvalue weighted by molar-refractivity contribution is -0.670. The van der Waals surface area contributed by atoms with Gasteiger partial charge in [0.1, 0.15) is 7.05 Å². The SMILES string of the molecule is C[n+]1cc2c3c(cccc3c1)CCC2.[I-]. The summed E-state index contributed by atoms with van der Waals surface area (Å²) in [5.74, 6) is 0. The molecule has 2 aromatic rings. The molecule has 1 aliphatic rings. The predicted octanol–water partition coefficient (Wildman–Crippen LogP) is -0.843. The lowest BCUT2D eigenvalue weighted by Gasteiger charge is -2.14. The van der Waals surface area contributed by atoms with Crippen molar-refractivity contribution in [2.45, 2.75) is 19.3 Å². The highest BCUT2D eigenvalue weighted by molar-refractivity contribution is 5.88. The molecule has 0 aliphatic heterocycles. The van der Waals surface area contributed by atoms with Crippen molar-refractivity contribution < 1.29 is 28.5 Å². The second-order valence-electron chi connectivity index (χ2n) is 4.18. The van der Waals surface area contributed by atoms with Gasteiger partial charge in [0.15, 0.2) is 12.4 Å².